The van der Waals surface area contributed by atoms with E-state index in [0.29, 0.717) is 46.7 Å². The van der Waals surface area contributed by atoms with Crippen LogP contribution >= 0.6 is 11.3 Å². The second kappa shape index (κ2) is 7.27. The molecule has 0 aliphatic carbocycles. The highest BCUT2D eigenvalue weighted by molar-refractivity contribution is 7.14. The molecule has 164 valence electrons. The number of thiophene rings is 1. The Labute approximate surface area is 183 Å². The predicted octanol–water partition coefficient (Wildman–Crippen LogP) is 4.81. The average molecular weight is 459 g/mol. The maximum absolute atomic E-state index is 13.0. The van der Waals surface area contributed by atoms with Crippen molar-refractivity contribution in [3.63, 3.8) is 0 Å². The van der Waals surface area contributed by atoms with Gasteiger partial charge in [-0.2, -0.15) is 13.2 Å². The Hall–Kier alpha value is -3.53. The number of rotatable bonds is 3. The lowest BCUT2D eigenvalue weighted by molar-refractivity contribution is -0.137. The number of H-pyrrole nitrogens is 1. The van der Waals surface area contributed by atoms with Crippen molar-refractivity contribution >= 4 is 34.3 Å². The Morgan fingerprint density at radius 2 is 1.97 bits per heavy atom. The van der Waals surface area contributed by atoms with E-state index < -0.39 is 17.6 Å². The van der Waals surface area contributed by atoms with Crippen LogP contribution in [0.1, 0.15) is 36.2 Å². The zero-order valence-electron chi connectivity index (χ0n) is 16.5. The summed E-state index contributed by atoms with van der Waals surface area (Å²) in [6.45, 7) is 0.869. The second-order valence-corrected chi connectivity index (χ2v) is 8.69. The van der Waals surface area contributed by atoms with Crippen LogP contribution in [0.25, 0.3) is 22.4 Å². The number of alkyl halides is 3. The molecular formula is C22H16F3N3O3S. The zero-order valence-corrected chi connectivity index (χ0v) is 17.3. The van der Waals surface area contributed by atoms with Crippen LogP contribution in [0.3, 0.4) is 0 Å². The lowest BCUT2D eigenvalue weighted by Gasteiger charge is -2.26. The molecule has 0 atom stereocenters. The van der Waals surface area contributed by atoms with Crippen LogP contribution in [-0.4, -0.2) is 28.2 Å². The first kappa shape index (κ1) is 20.4. The highest BCUT2D eigenvalue weighted by Crippen LogP contribution is 2.34. The highest BCUT2D eigenvalue weighted by Gasteiger charge is 2.31. The van der Waals surface area contributed by atoms with Gasteiger partial charge in [0, 0.05) is 35.7 Å². The number of benzene rings is 1. The summed E-state index contributed by atoms with van der Waals surface area (Å²) in [6, 6.07) is 9.73. The van der Waals surface area contributed by atoms with Gasteiger partial charge < -0.3 is 20.0 Å². The topological polar surface area (TPSA) is 92.3 Å². The molecule has 10 heteroatoms. The highest BCUT2D eigenvalue weighted by atomic mass is 32.1. The van der Waals surface area contributed by atoms with E-state index in [0.717, 1.165) is 22.6 Å². The fourth-order valence-electron chi connectivity index (χ4n) is 3.83. The van der Waals surface area contributed by atoms with E-state index in [2.05, 4.69) is 4.98 Å². The molecule has 4 heterocycles. The average Bonchev–Trinajstić information content (AvgIpc) is 3.45. The minimum absolute atomic E-state index is 0.227. The maximum atomic E-state index is 13.0. The van der Waals surface area contributed by atoms with Crippen molar-refractivity contribution in [1.82, 2.24) is 9.88 Å². The molecule has 0 bridgehead atoms. The molecule has 32 heavy (non-hydrogen) atoms. The van der Waals surface area contributed by atoms with Gasteiger partial charge in [-0.1, -0.05) is 12.1 Å². The van der Waals surface area contributed by atoms with Gasteiger partial charge in [-0.3, -0.25) is 9.59 Å². The van der Waals surface area contributed by atoms with Crippen LogP contribution < -0.4 is 5.73 Å². The molecule has 4 aromatic rings. The van der Waals surface area contributed by atoms with Crippen molar-refractivity contribution in [3.8, 4) is 11.3 Å². The van der Waals surface area contributed by atoms with Crippen molar-refractivity contribution < 1.29 is 27.2 Å². The number of furan rings is 1. The van der Waals surface area contributed by atoms with E-state index in [1.54, 1.807) is 23.1 Å². The SMILES string of the molecule is NC(=O)c1cc2c(s1)CCN(C(=O)c1cc3oc(-c4cccc(C(F)(F)F)c4)cc3[nH]1)C2. The molecule has 0 spiro atoms. The van der Waals surface area contributed by atoms with Crippen LogP contribution in [0, 0.1) is 0 Å². The number of nitrogens with one attached hydrogen (secondary N) is 1. The number of hydrogen-bond acceptors (Lipinski definition) is 4. The van der Waals surface area contributed by atoms with Gasteiger partial charge in [0.1, 0.15) is 11.5 Å². The zero-order chi connectivity index (χ0) is 22.6. The maximum Gasteiger partial charge on any atom is 0.416 e. The predicted molar refractivity (Wildman–Crippen MR) is 112 cm³/mol. The van der Waals surface area contributed by atoms with Gasteiger partial charge in [0.2, 0.25) is 0 Å². The number of carbonyl (C=O) groups is 2. The van der Waals surface area contributed by atoms with Crippen LogP contribution in [0.2, 0.25) is 0 Å². The van der Waals surface area contributed by atoms with Crippen molar-refractivity contribution in [2.75, 3.05) is 6.54 Å². The number of halogens is 3. The molecule has 0 saturated heterocycles. The van der Waals surface area contributed by atoms with E-state index in [4.69, 9.17) is 10.2 Å². The molecule has 0 unspecified atom stereocenters. The van der Waals surface area contributed by atoms with Crippen molar-refractivity contribution in [3.05, 3.63) is 69.0 Å². The number of carbonyl (C=O) groups excluding carboxylic acids is 2. The number of amides is 2. The first-order valence-corrected chi connectivity index (χ1v) is 10.5. The third kappa shape index (κ3) is 3.56. The number of aromatic amines is 1. The Balaban J connectivity index is 1.38. The second-order valence-electron chi connectivity index (χ2n) is 7.55. The largest absolute Gasteiger partial charge is 0.454 e. The van der Waals surface area contributed by atoms with E-state index in [1.165, 1.54) is 23.5 Å². The molecule has 0 fully saturated rings. The number of nitrogens with zero attached hydrogens (tertiary/aromatic N) is 1. The summed E-state index contributed by atoms with van der Waals surface area (Å²) in [5.41, 5.74) is 7.01. The number of primary amides is 1. The summed E-state index contributed by atoms with van der Waals surface area (Å²) >= 11 is 1.35. The van der Waals surface area contributed by atoms with Crippen molar-refractivity contribution in [1.29, 1.82) is 0 Å². The monoisotopic (exact) mass is 459 g/mol. The molecule has 1 aliphatic rings. The fourth-order valence-corrected chi connectivity index (χ4v) is 4.84. The van der Waals surface area contributed by atoms with Gasteiger partial charge in [-0.05, 0) is 30.2 Å². The molecular weight excluding hydrogens is 443 g/mol. The summed E-state index contributed by atoms with van der Waals surface area (Å²) < 4.78 is 44.6. The third-order valence-electron chi connectivity index (χ3n) is 5.41. The molecule has 0 radical (unpaired) electrons. The lowest BCUT2D eigenvalue weighted by atomic mass is 10.1. The Kier molecular flexibility index (Phi) is 4.63. The summed E-state index contributed by atoms with van der Waals surface area (Å²) in [7, 11) is 0. The van der Waals surface area contributed by atoms with Gasteiger partial charge in [-0.15, -0.1) is 11.3 Å². The quantitative estimate of drug-likeness (QED) is 0.461. The summed E-state index contributed by atoms with van der Waals surface area (Å²) in [6.07, 6.45) is -3.81. The molecule has 1 aromatic carbocycles. The standard InChI is InChI=1S/C22H16F3N3O3S/c23-22(24,25)13-3-1-2-11(6-13)16-8-14-17(31-16)9-15(27-14)21(30)28-5-4-18-12(10-28)7-19(32-18)20(26)29/h1-3,6-9,27H,4-5,10H2,(H2,26,29). The van der Waals surface area contributed by atoms with Crippen LogP contribution in [0.4, 0.5) is 13.2 Å². The first-order chi connectivity index (χ1) is 15.2. The minimum atomic E-state index is -4.45. The molecule has 3 N–H and O–H groups in total. The fraction of sp³-hybridized carbons (Fsp3) is 0.182. The molecule has 6 nitrogen and oxygen atoms in total. The minimum Gasteiger partial charge on any atom is -0.454 e. The summed E-state index contributed by atoms with van der Waals surface area (Å²) in [4.78, 5) is 30.6. The number of nitrogens with two attached hydrogens (primary N) is 1. The molecule has 3 aromatic heterocycles. The van der Waals surface area contributed by atoms with Gasteiger partial charge >= 0.3 is 6.18 Å². The van der Waals surface area contributed by atoms with Gasteiger partial charge in [-0.25, -0.2) is 0 Å². The van der Waals surface area contributed by atoms with E-state index in [1.807, 2.05) is 0 Å². The van der Waals surface area contributed by atoms with Crippen molar-refractivity contribution in [2.45, 2.75) is 19.1 Å². The van der Waals surface area contributed by atoms with Gasteiger partial charge in [0.15, 0.2) is 5.58 Å². The third-order valence-corrected chi connectivity index (χ3v) is 6.66. The Morgan fingerprint density at radius 3 is 2.69 bits per heavy atom. The summed E-state index contributed by atoms with van der Waals surface area (Å²) in [5.74, 6) is -0.436. The smallest absolute Gasteiger partial charge is 0.416 e. The van der Waals surface area contributed by atoms with Gasteiger partial charge in [0.25, 0.3) is 11.8 Å². The number of fused-ring (bicyclic) bond motifs is 2. The van der Waals surface area contributed by atoms with Crippen LogP contribution in [0.15, 0.2) is 46.9 Å². The Morgan fingerprint density at radius 1 is 1.16 bits per heavy atom. The van der Waals surface area contributed by atoms with Gasteiger partial charge in [0.05, 0.1) is 16.0 Å². The van der Waals surface area contributed by atoms with E-state index in [-0.39, 0.29) is 11.7 Å². The van der Waals surface area contributed by atoms with Crippen LogP contribution in [0.5, 0.6) is 0 Å². The van der Waals surface area contributed by atoms with E-state index in [9.17, 15) is 22.8 Å². The van der Waals surface area contributed by atoms with E-state index >= 15 is 0 Å². The van der Waals surface area contributed by atoms with Crippen molar-refractivity contribution in [2.24, 2.45) is 5.73 Å². The molecule has 2 amide bonds. The molecule has 1 aliphatic heterocycles. The number of hydrogen-bond donors (Lipinski definition) is 2. The summed E-state index contributed by atoms with van der Waals surface area (Å²) in [5, 5.41) is 0. The molecule has 5 rings (SSSR count). The molecule has 0 saturated carbocycles. The lowest BCUT2D eigenvalue weighted by Crippen LogP contribution is -2.35. The normalized spacial score (nSPS) is 14.0. The first-order valence-electron chi connectivity index (χ1n) is 9.70. The Bertz CT molecular complexity index is 1330. The van der Waals surface area contributed by atoms with Crippen LogP contribution in [-0.2, 0) is 19.1 Å². The number of aromatic nitrogens is 1.